The predicted molar refractivity (Wildman–Crippen MR) is 71.5 cm³/mol. The van der Waals surface area contributed by atoms with Gasteiger partial charge in [0.1, 0.15) is 5.75 Å². The highest BCUT2D eigenvalue weighted by Gasteiger charge is 2.40. The van der Waals surface area contributed by atoms with E-state index in [9.17, 15) is 4.79 Å². The number of nitrogens with one attached hydrogen (secondary N) is 1. The fourth-order valence-corrected chi connectivity index (χ4v) is 2.71. The summed E-state index contributed by atoms with van der Waals surface area (Å²) in [5, 5.41) is 3.40. The molecule has 1 amide bonds. The normalized spacial score (nSPS) is 24.8. The van der Waals surface area contributed by atoms with Crippen LogP contribution in [0.25, 0.3) is 0 Å². The van der Waals surface area contributed by atoms with Crippen LogP contribution in [-0.2, 0) is 0 Å². The van der Waals surface area contributed by atoms with E-state index in [1.807, 2.05) is 29.2 Å². The van der Waals surface area contributed by atoms with E-state index >= 15 is 0 Å². The monoisotopic (exact) mass is 268 g/mol. The average Bonchev–Trinajstić information content (AvgIpc) is 3.00. The zero-order valence-corrected chi connectivity index (χ0v) is 11.1. The molecule has 0 aliphatic carbocycles. The molecule has 2 bridgehead atoms. The number of rotatable bonds is 2. The highest BCUT2D eigenvalue weighted by atomic mass is 35.5. The molecule has 2 fully saturated rings. The van der Waals surface area contributed by atoms with Gasteiger partial charge in [0, 0.05) is 30.7 Å². The summed E-state index contributed by atoms with van der Waals surface area (Å²) in [4.78, 5) is 14.3. The number of nitrogens with zero attached hydrogens (tertiary/aromatic N) is 1. The van der Waals surface area contributed by atoms with Crippen LogP contribution in [0.4, 0.5) is 0 Å². The number of hydrogen-bond acceptors (Lipinski definition) is 3. The lowest BCUT2D eigenvalue weighted by molar-refractivity contribution is 0.0716. The number of ether oxygens (including phenoxy) is 1. The number of hydrogen-bond donors (Lipinski definition) is 1. The van der Waals surface area contributed by atoms with Crippen LogP contribution in [0.2, 0.25) is 0 Å². The Labute approximate surface area is 113 Å². The number of carbonyl (C=O) groups excluding carboxylic acids is 1. The molecule has 2 aliphatic rings. The zero-order valence-electron chi connectivity index (χ0n) is 10.3. The lowest BCUT2D eigenvalue weighted by Crippen LogP contribution is -2.46. The van der Waals surface area contributed by atoms with E-state index in [1.165, 1.54) is 0 Å². The van der Waals surface area contributed by atoms with Gasteiger partial charge in [-0.3, -0.25) is 4.79 Å². The summed E-state index contributed by atoms with van der Waals surface area (Å²) >= 11 is 0. The smallest absolute Gasteiger partial charge is 0.254 e. The number of methoxy groups -OCH3 is 1. The molecule has 18 heavy (non-hydrogen) atoms. The second-order valence-electron chi connectivity index (χ2n) is 4.68. The minimum absolute atomic E-state index is 0. The van der Waals surface area contributed by atoms with Gasteiger partial charge in [0.05, 0.1) is 7.11 Å². The number of fused-ring (bicyclic) bond motifs is 2. The summed E-state index contributed by atoms with van der Waals surface area (Å²) in [7, 11) is 1.63. The van der Waals surface area contributed by atoms with Gasteiger partial charge in [-0.25, -0.2) is 0 Å². The van der Waals surface area contributed by atoms with E-state index in [0.717, 1.165) is 30.8 Å². The lowest BCUT2D eigenvalue weighted by Gasteiger charge is -2.27. The van der Waals surface area contributed by atoms with Gasteiger partial charge in [0.15, 0.2) is 0 Å². The molecule has 2 aliphatic heterocycles. The van der Waals surface area contributed by atoms with Crippen molar-refractivity contribution in [2.45, 2.75) is 18.5 Å². The Morgan fingerprint density at radius 3 is 2.61 bits per heavy atom. The number of amides is 1. The minimum Gasteiger partial charge on any atom is -0.497 e. The molecule has 4 nitrogen and oxygen atoms in total. The van der Waals surface area contributed by atoms with Gasteiger partial charge in [-0.2, -0.15) is 0 Å². The van der Waals surface area contributed by atoms with E-state index in [0.29, 0.717) is 12.1 Å². The fraction of sp³-hybridized carbons (Fsp3) is 0.462. The Morgan fingerprint density at radius 1 is 1.39 bits per heavy atom. The quantitative estimate of drug-likeness (QED) is 0.879. The third-order valence-electron chi connectivity index (χ3n) is 3.65. The molecule has 0 aromatic heterocycles. The van der Waals surface area contributed by atoms with Crippen molar-refractivity contribution in [2.24, 2.45) is 0 Å². The maximum atomic E-state index is 12.3. The molecule has 1 N–H and O–H groups in total. The molecular weight excluding hydrogens is 252 g/mol. The molecule has 1 aromatic carbocycles. The van der Waals surface area contributed by atoms with E-state index in [1.54, 1.807) is 7.11 Å². The van der Waals surface area contributed by atoms with E-state index in [-0.39, 0.29) is 18.3 Å². The first-order valence-electron chi connectivity index (χ1n) is 5.96. The summed E-state index contributed by atoms with van der Waals surface area (Å²) in [6.07, 6.45) is 1.10. The van der Waals surface area contributed by atoms with Gasteiger partial charge in [0.2, 0.25) is 0 Å². The van der Waals surface area contributed by atoms with Crippen molar-refractivity contribution in [3.8, 4) is 5.75 Å². The van der Waals surface area contributed by atoms with Crippen molar-refractivity contribution >= 4 is 18.3 Å². The summed E-state index contributed by atoms with van der Waals surface area (Å²) in [6.45, 7) is 1.78. The van der Waals surface area contributed by atoms with Crippen LogP contribution in [0.3, 0.4) is 0 Å². The molecule has 2 heterocycles. The molecule has 3 rings (SSSR count). The van der Waals surface area contributed by atoms with Crippen molar-refractivity contribution in [2.75, 3.05) is 20.2 Å². The number of benzene rings is 1. The van der Waals surface area contributed by atoms with Gasteiger partial charge in [-0.15, -0.1) is 12.4 Å². The zero-order chi connectivity index (χ0) is 11.8. The number of carbonyl (C=O) groups is 1. The molecule has 0 radical (unpaired) electrons. The van der Waals surface area contributed by atoms with Crippen LogP contribution in [0.15, 0.2) is 24.3 Å². The summed E-state index contributed by atoms with van der Waals surface area (Å²) in [5.74, 6) is 0.924. The van der Waals surface area contributed by atoms with E-state index in [4.69, 9.17) is 4.74 Å². The molecule has 2 unspecified atom stereocenters. The van der Waals surface area contributed by atoms with Gasteiger partial charge in [-0.05, 0) is 30.7 Å². The first kappa shape index (κ1) is 13.2. The molecule has 98 valence electrons. The number of likely N-dealkylation sites (tertiary alicyclic amines) is 1. The highest BCUT2D eigenvalue weighted by molar-refractivity contribution is 5.94. The Kier molecular flexibility index (Phi) is 3.78. The first-order valence-corrected chi connectivity index (χ1v) is 5.96. The predicted octanol–water partition coefficient (Wildman–Crippen LogP) is 1.30. The van der Waals surface area contributed by atoms with Crippen molar-refractivity contribution in [3.63, 3.8) is 0 Å². The van der Waals surface area contributed by atoms with Crippen LogP contribution in [0.1, 0.15) is 16.8 Å². The minimum atomic E-state index is 0. The van der Waals surface area contributed by atoms with Gasteiger partial charge in [0.25, 0.3) is 5.91 Å². The molecular formula is C13H17ClN2O2. The lowest BCUT2D eigenvalue weighted by atomic mass is 10.1. The van der Waals surface area contributed by atoms with Crippen molar-refractivity contribution in [3.05, 3.63) is 29.8 Å². The van der Waals surface area contributed by atoms with Crippen LogP contribution < -0.4 is 10.1 Å². The number of halogens is 1. The van der Waals surface area contributed by atoms with E-state index in [2.05, 4.69) is 5.32 Å². The van der Waals surface area contributed by atoms with Gasteiger partial charge >= 0.3 is 0 Å². The maximum Gasteiger partial charge on any atom is 0.254 e. The van der Waals surface area contributed by atoms with E-state index < -0.39 is 0 Å². The molecule has 2 atom stereocenters. The Balaban J connectivity index is 0.00000120. The Hall–Kier alpha value is -1.26. The van der Waals surface area contributed by atoms with Gasteiger partial charge < -0.3 is 15.0 Å². The van der Waals surface area contributed by atoms with Gasteiger partial charge in [-0.1, -0.05) is 0 Å². The summed E-state index contributed by atoms with van der Waals surface area (Å²) in [5.41, 5.74) is 0.748. The van der Waals surface area contributed by atoms with Crippen molar-refractivity contribution in [1.82, 2.24) is 10.2 Å². The molecule has 5 heteroatoms. The standard InChI is InChI=1S/C13H16N2O2.ClH/c1-17-12-4-2-9(3-5-12)13(16)15-8-10-6-11(15)7-14-10;/h2-5,10-11,14H,6-8H2,1H3;1H. The largest absolute Gasteiger partial charge is 0.497 e. The maximum absolute atomic E-state index is 12.3. The van der Waals surface area contributed by atoms with Crippen LogP contribution >= 0.6 is 12.4 Å². The van der Waals surface area contributed by atoms with Crippen molar-refractivity contribution in [1.29, 1.82) is 0 Å². The Morgan fingerprint density at radius 2 is 2.11 bits per heavy atom. The summed E-state index contributed by atoms with van der Waals surface area (Å²) < 4.78 is 5.09. The highest BCUT2D eigenvalue weighted by Crippen LogP contribution is 2.25. The second-order valence-corrected chi connectivity index (χ2v) is 4.68. The molecule has 0 spiro atoms. The SMILES string of the molecule is COc1ccc(C(=O)N2CC3CC2CN3)cc1.Cl. The molecule has 2 saturated heterocycles. The van der Waals surface area contributed by atoms with Crippen LogP contribution in [0, 0.1) is 0 Å². The second kappa shape index (κ2) is 5.16. The fourth-order valence-electron chi connectivity index (χ4n) is 2.71. The molecule has 1 aromatic rings. The number of piperazine rings is 1. The summed E-state index contributed by atoms with van der Waals surface area (Å²) in [6, 6.07) is 8.22. The third kappa shape index (κ3) is 2.18. The van der Waals surface area contributed by atoms with Crippen molar-refractivity contribution < 1.29 is 9.53 Å². The first-order chi connectivity index (χ1) is 8.28. The van der Waals surface area contributed by atoms with Crippen LogP contribution in [0.5, 0.6) is 5.75 Å². The Bertz CT molecular complexity index is 435. The molecule has 0 saturated carbocycles. The van der Waals surface area contributed by atoms with Crippen LogP contribution in [-0.4, -0.2) is 43.1 Å². The topological polar surface area (TPSA) is 41.6 Å². The average molecular weight is 269 g/mol. The third-order valence-corrected chi connectivity index (χ3v) is 3.65.